The number of aliphatic hydroxyl groups is 2. The molecule has 402 valence electrons. The molecular weight excluding hydrogens is 979 g/mol. The van der Waals surface area contributed by atoms with E-state index in [4.69, 9.17) is 9.47 Å². The Morgan fingerprint density at radius 3 is 2.18 bits per heavy atom. The zero-order valence-electron chi connectivity index (χ0n) is 43.0. The van der Waals surface area contributed by atoms with Crippen molar-refractivity contribution in [2.45, 2.75) is 164 Å². The molecule has 5 aliphatic rings. The van der Waals surface area contributed by atoms with Gasteiger partial charge in [-0.05, 0) is 93.4 Å². The summed E-state index contributed by atoms with van der Waals surface area (Å²) in [7, 11) is 0. The summed E-state index contributed by atoms with van der Waals surface area (Å²) >= 11 is 1.30. The summed E-state index contributed by atoms with van der Waals surface area (Å²) in [6.45, 7) is 11.3. The van der Waals surface area contributed by atoms with Crippen molar-refractivity contribution in [3.05, 3.63) is 89.0 Å². The number of ketones is 2. The number of allylic oxidation sites excluding steroid dienone is 4. The number of aliphatic hydroxyl groups excluding tert-OH is 2. The van der Waals surface area contributed by atoms with Gasteiger partial charge in [0.05, 0.1) is 23.9 Å². The third-order valence-electron chi connectivity index (χ3n) is 16.5. The van der Waals surface area contributed by atoms with Crippen molar-refractivity contribution in [3.63, 3.8) is 0 Å². The van der Waals surface area contributed by atoms with E-state index in [0.29, 0.717) is 11.3 Å². The predicted molar refractivity (Wildman–Crippen MR) is 272 cm³/mol. The molecule has 4 fully saturated rings. The number of aliphatic carboxylic acids is 1. The Morgan fingerprint density at radius 2 is 1.54 bits per heavy atom. The highest BCUT2D eigenvalue weighted by atomic mass is 32.2. The molecule has 0 bridgehead atoms. The summed E-state index contributed by atoms with van der Waals surface area (Å²) in [6, 6.07) is 12.6. The fourth-order valence-corrected chi connectivity index (χ4v) is 13.7. The van der Waals surface area contributed by atoms with Gasteiger partial charge in [0.2, 0.25) is 23.6 Å². The monoisotopic (exact) mass is 1050 g/mol. The van der Waals surface area contributed by atoms with Gasteiger partial charge >= 0.3 is 5.97 Å². The van der Waals surface area contributed by atoms with E-state index in [1.165, 1.54) is 44.7 Å². The van der Waals surface area contributed by atoms with Crippen molar-refractivity contribution in [2.24, 2.45) is 22.7 Å². The highest BCUT2D eigenvalue weighted by molar-refractivity contribution is 8.01. The quantitative estimate of drug-likeness (QED) is 0.0749. The summed E-state index contributed by atoms with van der Waals surface area (Å²) in [5.74, 6) is -6.16. The Kier molecular flexibility index (Phi) is 17.1. The van der Waals surface area contributed by atoms with E-state index < -0.39 is 124 Å². The molecule has 4 aliphatic carbocycles. The molecule has 16 nitrogen and oxygen atoms in total. The Balaban J connectivity index is 0.907. The van der Waals surface area contributed by atoms with E-state index in [0.717, 1.165) is 36.5 Å². The van der Waals surface area contributed by atoms with E-state index in [1.54, 1.807) is 19.1 Å². The maximum atomic E-state index is 17.8. The number of benzene rings is 2. The second-order valence-corrected chi connectivity index (χ2v) is 22.9. The molecule has 19 heteroatoms. The summed E-state index contributed by atoms with van der Waals surface area (Å²) in [5, 5.41) is 41.3. The number of hydrogen-bond acceptors (Lipinski definition) is 12. The fourth-order valence-electron chi connectivity index (χ4n) is 12.4. The van der Waals surface area contributed by atoms with E-state index in [9.17, 15) is 48.9 Å². The number of amides is 4. The number of hydrogen-bond donors (Lipinski definition) is 7. The van der Waals surface area contributed by atoms with Gasteiger partial charge in [-0.25, -0.2) is 8.78 Å². The number of carboxylic acids is 1. The molecule has 3 saturated carbocycles. The highest BCUT2D eigenvalue weighted by Crippen LogP contribution is 2.72. The van der Waals surface area contributed by atoms with Crippen molar-refractivity contribution in [2.75, 3.05) is 18.5 Å². The first-order chi connectivity index (χ1) is 34.9. The lowest BCUT2D eigenvalue weighted by Gasteiger charge is -2.63. The second kappa shape index (κ2) is 22.5. The van der Waals surface area contributed by atoms with Gasteiger partial charge in [0.15, 0.2) is 29.1 Å². The van der Waals surface area contributed by atoms with Crippen molar-refractivity contribution in [1.82, 2.24) is 16.0 Å². The first kappa shape index (κ1) is 56.4. The van der Waals surface area contributed by atoms with Crippen molar-refractivity contribution in [3.8, 4) is 0 Å². The SMILES string of the molecule is CCCCC(C)SC(CC(=O)O)C(=O)NCCC(=O)N[C@@H](C)C(=O)N[C@@H](C)C(=O)Nc1ccc([C@H](C)c2ccc([C@@H]3O[C@@H]4CC5[C@@H]6C[C@H](F)C7=CC(=O)C=C[C@]7(C)[C@@]6(F)[C@@H](O)C[C@]5(C)[C@]4(C(=O)CO)O3)cc2)cc1. The lowest BCUT2D eigenvalue weighted by molar-refractivity contribution is -0.235. The van der Waals surface area contributed by atoms with Crippen LogP contribution in [0.2, 0.25) is 0 Å². The van der Waals surface area contributed by atoms with Crippen LogP contribution < -0.4 is 21.3 Å². The number of alkyl halides is 2. The number of thioether (sulfide) groups is 1. The Hall–Kier alpha value is -5.34. The minimum absolute atomic E-state index is 0.00207. The Morgan fingerprint density at radius 1 is 0.892 bits per heavy atom. The lowest BCUT2D eigenvalue weighted by atomic mass is 9.44. The molecule has 2 aromatic rings. The first-order valence-corrected chi connectivity index (χ1v) is 26.6. The summed E-state index contributed by atoms with van der Waals surface area (Å²) in [4.78, 5) is 89.0. The van der Waals surface area contributed by atoms with Crippen LogP contribution in [0.15, 0.2) is 72.3 Å². The van der Waals surface area contributed by atoms with Crippen molar-refractivity contribution >= 4 is 58.6 Å². The van der Waals surface area contributed by atoms with Crippen molar-refractivity contribution < 1.29 is 67.1 Å². The average molecular weight is 1050 g/mol. The molecule has 4 amide bonds. The fraction of sp³-hybridized carbons (Fsp3) is 0.582. The van der Waals surface area contributed by atoms with Crippen LogP contribution >= 0.6 is 11.8 Å². The summed E-state index contributed by atoms with van der Waals surface area (Å²) in [5.41, 5.74) is -4.09. The predicted octanol–water partition coefficient (Wildman–Crippen LogP) is 6.09. The number of carboxylic acid groups (broad SMARTS) is 1. The first-order valence-electron chi connectivity index (χ1n) is 25.6. The largest absolute Gasteiger partial charge is 0.481 e. The number of carbonyl (C=O) groups excluding carboxylic acids is 6. The number of fused-ring (bicyclic) bond motifs is 7. The van der Waals surface area contributed by atoms with Gasteiger partial charge in [0.1, 0.15) is 24.9 Å². The summed E-state index contributed by atoms with van der Waals surface area (Å²) in [6.07, 6.45) is 0.281. The van der Waals surface area contributed by atoms with Gasteiger partial charge in [0, 0.05) is 52.1 Å². The van der Waals surface area contributed by atoms with Crippen molar-refractivity contribution in [1.29, 1.82) is 0 Å². The number of anilines is 1. The van der Waals surface area contributed by atoms with Gasteiger partial charge in [0.25, 0.3) is 0 Å². The van der Waals surface area contributed by atoms with Gasteiger partial charge < -0.3 is 46.1 Å². The molecule has 74 heavy (non-hydrogen) atoms. The molecule has 0 radical (unpaired) electrons. The molecule has 15 atom stereocenters. The molecule has 1 saturated heterocycles. The minimum Gasteiger partial charge on any atom is -0.481 e. The molecule has 2 aromatic carbocycles. The van der Waals surface area contributed by atoms with Gasteiger partial charge in [-0.1, -0.05) is 83.0 Å². The third-order valence-corrected chi connectivity index (χ3v) is 17.9. The second-order valence-electron chi connectivity index (χ2n) is 21.2. The molecule has 1 heterocycles. The van der Waals surface area contributed by atoms with Gasteiger partial charge in [-0.3, -0.25) is 33.6 Å². The van der Waals surface area contributed by atoms with E-state index >= 15 is 8.78 Å². The number of Topliss-reactive ketones (excluding diaryl/α,β-unsaturated/α-hetero) is 1. The third kappa shape index (κ3) is 10.6. The molecular formula is C55H70F2N4O12S. The molecule has 1 aliphatic heterocycles. The van der Waals surface area contributed by atoms with Crippen LogP contribution in [0.5, 0.6) is 0 Å². The van der Waals surface area contributed by atoms with E-state index in [-0.39, 0.29) is 55.4 Å². The standard InChI is InChI=1S/C55H70F2N4O12S/c1-8-9-10-29(2)74-42(26-47(67)68)50(71)58-22-20-46(66)59-31(4)48(69)60-32(5)49(70)61-36-17-15-34(16-18-36)30(3)33-11-13-35(14-12-33)51-72-45-25-38-39-24-41(56)40-23-37(63)19-21-52(40,6)54(39,57)43(64)27-53(38,7)55(45,73-51)44(65)28-62/h11-19,21,23,29-32,38-39,41-43,45,51,62,64H,8-10,20,22,24-28H2,1-7H3,(H,58,71)(H,59,66)(H,60,69)(H,61,70)(H,67,68)/t29?,30-,31+,32+,38?,39+,41+,42?,43+,45-,51-,52+,53+,54+,55-/m1/s1. The normalized spacial score (nSPS) is 31.7. The number of unbranched alkanes of at least 4 members (excludes halogenated alkanes) is 1. The molecule has 0 spiro atoms. The minimum atomic E-state index is -2.36. The van der Waals surface area contributed by atoms with Crippen LogP contribution in [0.3, 0.4) is 0 Å². The smallest absolute Gasteiger partial charge is 0.305 e. The molecule has 7 rings (SSSR count). The maximum Gasteiger partial charge on any atom is 0.305 e. The van der Waals surface area contributed by atoms with Gasteiger partial charge in [-0.15, -0.1) is 11.8 Å². The van der Waals surface area contributed by atoms with Crippen LogP contribution in [0.25, 0.3) is 0 Å². The van der Waals surface area contributed by atoms with E-state index in [1.807, 2.05) is 50.2 Å². The van der Waals surface area contributed by atoms with Gasteiger partial charge in [-0.2, -0.15) is 0 Å². The number of ether oxygens (including phenoxy) is 2. The topological polar surface area (TPSA) is 247 Å². The van der Waals surface area contributed by atoms with Crippen LogP contribution in [0.1, 0.15) is 129 Å². The number of nitrogens with one attached hydrogen (secondary N) is 4. The maximum absolute atomic E-state index is 17.8. The molecule has 0 aromatic heterocycles. The van der Waals surface area contributed by atoms with Crippen LogP contribution in [-0.2, 0) is 43.0 Å². The van der Waals surface area contributed by atoms with E-state index in [2.05, 4.69) is 28.2 Å². The van der Waals surface area contributed by atoms with Crippen LogP contribution in [-0.4, -0.2) is 122 Å². The Labute approximate surface area is 434 Å². The highest BCUT2D eigenvalue weighted by Gasteiger charge is 2.80. The number of halogens is 2. The molecule has 7 N–H and O–H groups in total. The summed E-state index contributed by atoms with van der Waals surface area (Å²) < 4.78 is 46.9. The average Bonchev–Trinajstić information content (AvgIpc) is 3.86. The number of carbonyl (C=O) groups is 7. The Bertz CT molecular complexity index is 2550. The zero-order valence-corrected chi connectivity index (χ0v) is 43.8. The lowest BCUT2D eigenvalue weighted by Crippen LogP contribution is -2.70. The zero-order chi connectivity index (χ0) is 54.1. The van der Waals surface area contributed by atoms with Crippen LogP contribution in [0.4, 0.5) is 14.5 Å². The van der Waals surface area contributed by atoms with Crippen LogP contribution in [0, 0.1) is 22.7 Å². The number of rotatable bonds is 21. The molecule has 3 unspecified atom stereocenters.